The van der Waals surface area contributed by atoms with Crippen LogP contribution in [0.4, 0.5) is 9.18 Å². The second-order valence-corrected chi connectivity index (χ2v) is 6.76. The van der Waals surface area contributed by atoms with Gasteiger partial charge >= 0.3 is 6.03 Å². The van der Waals surface area contributed by atoms with Gasteiger partial charge in [0.2, 0.25) is 5.91 Å². The normalized spacial score (nSPS) is 14.9. The first-order valence-electron chi connectivity index (χ1n) is 9.18. The Labute approximate surface area is 158 Å². The molecule has 0 bridgehead atoms. The SMILES string of the molecule is C[C@H](NC(=O)NCc1ccccc1CN1CCCC1=O)c1ccccc1F. The number of carbonyl (C=O) groups excluding carboxylic acids is 2. The number of hydrogen-bond acceptors (Lipinski definition) is 2. The molecule has 0 aliphatic carbocycles. The predicted octanol–water partition coefficient (Wildman–Crippen LogP) is 3.51. The molecule has 1 aliphatic rings. The molecule has 3 rings (SSSR count). The smallest absolute Gasteiger partial charge is 0.315 e. The fourth-order valence-electron chi connectivity index (χ4n) is 3.29. The van der Waals surface area contributed by atoms with Crippen LogP contribution in [0.1, 0.15) is 42.5 Å². The van der Waals surface area contributed by atoms with Crippen LogP contribution in [0.25, 0.3) is 0 Å². The summed E-state index contributed by atoms with van der Waals surface area (Å²) in [5, 5.41) is 5.57. The lowest BCUT2D eigenvalue weighted by Gasteiger charge is -2.19. The quantitative estimate of drug-likeness (QED) is 0.819. The van der Waals surface area contributed by atoms with Gasteiger partial charge in [0, 0.05) is 31.6 Å². The van der Waals surface area contributed by atoms with Gasteiger partial charge in [0.1, 0.15) is 5.82 Å². The van der Waals surface area contributed by atoms with Crippen molar-refractivity contribution in [1.82, 2.24) is 15.5 Å². The Morgan fingerprint density at radius 3 is 2.56 bits per heavy atom. The minimum absolute atomic E-state index is 0.175. The zero-order valence-electron chi connectivity index (χ0n) is 15.4. The van der Waals surface area contributed by atoms with Crippen molar-refractivity contribution in [2.24, 2.45) is 0 Å². The molecule has 3 amide bonds. The fourth-order valence-corrected chi connectivity index (χ4v) is 3.29. The van der Waals surface area contributed by atoms with Gasteiger partial charge in [0.25, 0.3) is 0 Å². The van der Waals surface area contributed by atoms with Gasteiger partial charge in [-0.1, -0.05) is 42.5 Å². The highest BCUT2D eigenvalue weighted by molar-refractivity contribution is 5.78. The molecule has 1 aliphatic heterocycles. The monoisotopic (exact) mass is 369 g/mol. The van der Waals surface area contributed by atoms with Crippen molar-refractivity contribution in [3.05, 3.63) is 71.0 Å². The Kier molecular flexibility index (Phi) is 6.06. The van der Waals surface area contributed by atoms with Crippen molar-refractivity contribution in [3.63, 3.8) is 0 Å². The number of urea groups is 1. The summed E-state index contributed by atoms with van der Waals surface area (Å²) in [7, 11) is 0. The predicted molar refractivity (Wildman–Crippen MR) is 101 cm³/mol. The molecule has 1 saturated heterocycles. The molecule has 2 aromatic carbocycles. The van der Waals surface area contributed by atoms with Gasteiger partial charge in [-0.25, -0.2) is 9.18 Å². The molecule has 6 heteroatoms. The van der Waals surface area contributed by atoms with Crippen LogP contribution < -0.4 is 10.6 Å². The number of nitrogens with zero attached hydrogens (tertiary/aromatic N) is 1. The maximum Gasteiger partial charge on any atom is 0.315 e. The van der Waals surface area contributed by atoms with Crippen LogP contribution >= 0.6 is 0 Å². The Bertz CT molecular complexity index is 825. The average molecular weight is 369 g/mol. The second-order valence-electron chi connectivity index (χ2n) is 6.76. The molecule has 0 spiro atoms. The van der Waals surface area contributed by atoms with E-state index in [0.717, 1.165) is 24.1 Å². The van der Waals surface area contributed by atoms with Gasteiger partial charge in [0.05, 0.1) is 6.04 Å². The van der Waals surface area contributed by atoms with Crippen molar-refractivity contribution >= 4 is 11.9 Å². The third-order valence-corrected chi connectivity index (χ3v) is 4.81. The highest BCUT2D eigenvalue weighted by Crippen LogP contribution is 2.18. The van der Waals surface area contributed by atoms with Crippen molar-refractivity contribution in [2.45, 2.75) is 38.9 Å². The molecule has 0 unspecified atom stereocenters. The number of amides is 3. The number of rotatable bonds is 6. The van der Waals surface area contributed by atoms with Crippen molar-refractivity contribution in [1.29, 1.82) is 0 Å². The topological polar surface area (TPSA) is 61.4 Å². The summed E-state index contributed by atoms with van der Waals surface area (Å²) in [5.41, 5.74) is 2.43. The lowest BCUT2D eigenvalue weighted by Crippen LogP contribution is -2.37. The van der Waals surface area contributed by atoms with Gasteiger partial charge in [0.15, 0.2) is 0 Å². The molecule has 27 heavy (non-hydrogen) atoms. The average Bonchev–Trinajstić information content (AvgIpc) is 3.06. The number of benzene rings is 2. The van der Waals surface area contributed by atoms with Crippen LogP contribution in [0.2, 0.25) is 0 Å². The molecule has 0 saturated carbocycles. The molecule has 2 aromatic rings. The van der Waals surface area contributed by atoms with Crippen molar-refractivity contribution in [2.75, 3.05) is 6.54 Å². The Morgan fingerprint density at radius 2 is 1.85 bits per heavy atom. The largest absolute Gasteiger partial charge is 0.338 e. The summed E-state index contributed by atoms with van der Waals surface area (Å²) in [6.07, 6.45) is 1.51. The molecule has 142 valence electrons. The van der Waals surface area contributed by atoms with E-state index in [1.54, 1.807) is 25.1 Å². The van der Waals surface area contributed by atoms with E-state index in [1.165, 1.54) is 6.07 Å². The Hall–Kier alpha value is -2.89. The van der Waals surface area contributed by atoms with E-state index in [0.29, 0.717) is 25.1 Å². The minimum atomic E-state index is -0.441. The molecule has 1 atom stereocenters. The maximum atomic E-state index is 13.8. The maximum absolute atomic E-state index is 13.8. The van der Waals surface area contributed by atoms with Crippen LogP contribution in [0.5, 0.6) is 0 Å². The first kappa shape index (κ1) is 18.9. The minimum Gasteiger partial charge on any atom is -0.338 e. The van der Waals surface area contributed by atoms with E-state index in [2.05, 4.69) is 10.6 Å². The third-order valence-electron chi connectivity index (χ3n) is 4.81. The molecular weight excluding hydrogens is 345 g/mol. The zero-order valence-corrected chi connectivity index (χ0v) is 15.4. The molecule has 2 N–H and O–H groups in total. The zero-order chi connectivity index (χ0) is 19.2. The summed E-state index contributed by atoms with van der Waals surface area (Å²) in [4.78, 5) is 25.9. The number of carbonyl (C=O) groups is 2. The van der Waals surface area contributed by atoms with E-state index < -0.39 is 6.04 Å². The summed E-state index contributed by atoms with van der Waals surface area (Å²) < 4.78 is 13.8. The lowest BCUT2D eigenvalue weighted by atomic mass is 10.1. The molecule has 0 aromatic heterocycles. The van der Waals surface area contributed by atoms with Crippen molar-refractivity contribution < 1.29 is 14.0 Å². The number of halogens is 1. The Balaban J connectivity index is 1.57. The van der Waals surface area contributed by atoms with Crippen LogP contribution in [0.15, 0.2) is 48.5 Å². The first-order valence-corrected chi connectivity index (χ1v) is 9.18. The van der Waals surface area contributed by atoms with Gasteiger partial charge in [-0.15, -0.1) is 0 Å². The van der Waals surface area contributed by atoms with Gasteiger partial charge in [-0.3, -0.25) is 4.79 Å². The van der Waals surface area contributed by atoms with Gasteiger partial charge < -0.3 is 15.5 Å². The molecule has 1 heterocycles. The van der Waals surface area contributed by atoms with E-state index in [9.17, 15) is 14.0 Å². The van der Waals surface area contributed by atoms with Gasteiger partial charge in [-0.05, 0) is 30.5 Å². The highest BCUT2D eigenvalue weighted by atomic mass is 19.1. The van der Waals surface area contributed by atoms with Crippen molar-refractivity contribution in [3.8, 4) is 0 Å². The van der Waals surface area contributed by atoms with E-state index in [-0.39, 0.29) is 17.8 Å². The van der Waals surface area contributed by atoms with Crippen LogP contribution in [0, 0.1) is 5.82 Å². The first-order chi connectivity index (χ1) is 13.0. The second kappa shape index (κ2) is 8.66. The summed E-state index contributed by atoms with van der Waals surface area (Å²) in [6.45, 7) is 3.42. The summed E-state index contributed by atoms with van der Waals surface area (Å²) in [5.74, 6) is -0.167. The molecule has 5 nitrogen and oxygen atoms in total. The molecule has 0 radical (unpaired) electrons. The van der Waals surface area contributed by atoms with Gasteiger partial charge in [-0.2, -0.15) is 0 Å². The number of likely N-dealkylation sites (tertiary alicyclic amines) is 1. The Morgan fingerprint density at radius 1 is 1.15 bits per heavy atom. The third kappa shape index (κ3) is 4.84. The molecular formula is C21H24FN3O2. The fraction of sp³-hybridized carbons (Fsp3) is 0.333. The molecule has 1 fully saturated rings. The van der Waals surface area contributed by atoms with Crippen LogP contribution in [-0.4, -0.2) is 23.4 Å². The van der Waals surface area contributed by atoms with E-state index >= 15 is 0 Å². The van der Waals surface area contributed by atoms with E-state index in [1.807, 2.05) is 29.2 Å². The van der Waals surface area contributed by atoms with Crippen LogP contribution in [-0.2, 0) is 17.9 Å². The van der Waals surface area contributed by atoms with E-state index in [4.69, 9.17) is 0 Å². The van der Waals surface area contributed by atoms with Crippen LogP contribution in [0.3, 0.4) is 0 Å². The standard InChI is InChI=1S/C21H24FN3O2/c1-15(18-9-4-5-10-19(18)22)24-21(27)23-13-16-7-2-3-8-17(16)14-25-12-6-11-20(25)26/h2-5,7-10,15H,6,11-14H2,1H3,(H2,23,24,27)/t15-/m0/s1. The number of hydrogen-bond donors (Lipinski definition) is 2. The highest BCUT2D eigenvalue weighted by Gasteiger charge is 2.21. The summed E-state index contributed by atoms with van der Waals surface area (Å²) >= 11 is 0. The number of nitrogens with one attached hydrogen (secondary N) is 2. The summed E-state index contributed by atoms with van der Waals surface area (Å²) in [6, 6.07) is 13.3. The lowest BCUT2D eigenvalue weighted by molar-refractivity contribution is -0.128.